The van der Waals surface area contributed by atoms with Gasteiger partial charge in [-0.05, 0) is 25.7 Å². The van der Waals surface area contributed by atoms with Crippen molar-refractivity contribution in [2.45, 2.75) is 50.9 Å². The molecule has 1 saturated heterocycles. The Morgan fingerprint density at radius 3 is 2.85 bits per heavy atom. The Hall–Kier alpha value is -1.96. The van der Waals surface area contributed by atoms with Gasteiger partial charge in [0.2, 0.25) is 17.7 Å². The summed E-state index contributed by atoms with van der Waals surface area (Å²) in [6.45, 7) is 1.70. The molecule has 144 valence electrons. The Labute approximate surface area is 153 Å². The van der Waals surface area contributed by atoms with Gasteiger partial charge in [0.25, 0.3) is 0 Å². The number of hydrogen-bond donors (Lipinski definition) is 1. The molecule has 0 spiro atoms. The third-order valence-corrected chi connectivity index (χ3v) is 5.25. The van der Waals surface area contributed by atoms with Crippen molar-refractivity contribution >= 4 is 11.8 Å². The zero-order chi connectivity index (χ0) is 18.4. The van der Waals surface area contributed by atoms with E-state index in [1.165, 1.54) is 20.0 Å². The van der Waals surface area contributed by atoms with Crippen LogP contribution in [0.5, 0.6) is 0 Å². The van der Waals surface area contributed by atoms with Crippen molar-refractivity contribution in [3.63, 3.8) is 0 Å². The van der Waals surface area contributed by atoms with Gasteiger partial charge in [-0.15, -0.1) is 0 Å². The van der Waals surface area contributed by atoms with Crippen LogP contribution in [-0.4, -0.2) is 60.2 Å². The first-order valence-electron chi connectivity index (χ1n) is 9.54. The topological polar surface area (TPSA) is 97.6 Å². The van der Waals surface area contributed by atoms with Crippen molar-refractivity contribution in [1.82, 2.24) is 20.4 Å². The standard InChI is InChI=1S/C18H28N4O4/c1-25-12-16(23)22-10-4-7-14(11-22)17(24)19-9-8-15-20-18(26-21-15)13-5-2-3-6-13/h13-14H,2-12H2,1H3,(H,19,24). The maximum Gasteiger partial charge on any atom is 0.248 e. The highest BCUT2D eigenvalue weighted by Gasteiger charge is 2.28. The predicted molar refractivity (Wildman–Crippen MR) is 93.4 cm³/mol. The SMILES string of the molecule is COCC(=O)N1CCCC(C(=O)NCCc2noc(C3CCCC3)n2)C1. The molecule has 1 N–H and O–H groups in total. The zero-order valence-corrected chi connectivity index (χ0v) is 15.4. The summed E-state index contributed by atoms with van der Waals surface area (Å²) in [7, 11) is 1.50. The van der Waals surface area contributed by atoms with Gasteiger partial charge in [0.15, 0.2) is 5.82 Å². The van der Waals surface area contributed by atoms with Crippen LogP contribution in [0, 0.1) is 5.92 Å². The highest BCUT2D eigenvalue weighted by Crippen LogP contribution is 2.32. The number of hydrogen-bond acceptors (Lipinski definition) is 6. The van der Waals surface area contributed by atoms with Crippen molar-refractivity contribution < 1.29 is 18.8 Å². The van der Waals surface area contributed by atoms with Crippen molar-refractivity contribution in [1.29, 1.82) is 0 Å². The number of ether oxygens (including phenoxy) is 1. The van der Waals surface area contributed by atoms with Gasteiger partial charge in [0, 0.05) is 39.1 Å². The molecule has 8 nitrogen and oxygen atoms in total. The predicted octanol–water partition coefficient (Wildman–Crippen LogP) is 1.27. The molecule has 8 heteroatoms. The van der Waals surface area contributed by atoms with Crippen LogP contribution >= 0.6 is 0 Å². The molecule has 2 fully saturated rings. The van der Waals surface area contributed by atoms with E-state index in [0.29, 0.717) is 37.8 Å². The van der Waals surface area contributed by atoms with Gasteiger partial charge < -0.3 is 19.5 Å². The largest absolute Gasteiger partial charge is 0.375 e. The van der Waals surface area contributed by atoms with Crippen LogP contribution in [0.4, 0.5) is 0 Å². The maximum atomic E-state index is 12.4. The molecule has 0 bridgehead atoms. The molecule has 1 aromatic rings. The third-order valence-electron chi connectivity index (χ3n) is 5.25. The normalized spacial score (nSPS) is 21.1. The first-order valence-corrected chi connectivity index (χ1v) is 9.54. The number of methoxy groups -OCH3 is 1. The van der Waals surface area contributed by atoms with Crippen LogP contribution in [0.1, 0.15) is 56.2 Å². The summed E-state index contributed by atoms with van der Waals surface area (Å²) in [4.78, 5) is 30.5. The summed E-state index contributed by atoms with van der Waals surface area (Å²) in [6, 6.07) is 0. The van der Waals surface area contributed by atoms with Crippen LogP contribution in [0.2, 0.25) is 0 Å². The lowest BCUT2D eigenvalue weighted by molar-refractivity contribution is -0.138. The molecule has 1 aromatic heterocycles. The second-order valence-electron chi connectivity index (χ2n) is 7.18. The van der Waals surface area contributed by atoms with Crippen LogP contribution in [-0.2, 0) is 20.7 Å². The second-order valence-corrected chi connectivity index (χ2v) is 7.18. The number of rotatable bonds is 7. The van der Waals surface area contributed by atoms with Crippen LogP contribution in [0.15, 0.2) is 4.52 Å². The first kappa shape index (κ1) is 18.8. The van der Waals surface area contributed by atoms with Gasteiger partial charge >= 0.3 is 0 Å². The molecule has 0 aromatic carbocycles. The van der Waals surface area contributed by atoms with E-state index in [2.05, 4.69) is 15.5 Å². The maximum absolute atomic E-state index is 12.4. The van der Waals surface area contributed by atoms with Crippen LogP contribution in [0.25, 0.3) is 0 Å². The summed E-state index contributed by atoms with van der Waals surface area (Å²) < 4.78 is 10.2. The van der Waals surface area contributed by atoms with Gasteiger partial charge in [-0.2, -0.15) is 4.98 Å². The molecule has 2 aliphatic rings. The fourth-order valence-electron chi connectivity index (χ4n) is 3.78. The lowest BCUT2D eigenvalue weighted by Crippen LogP contribution is -2.46. The fraction of sp³-hybridized carbons (Fsp3) is 0.778. The van der Waals surface area contributed by atoms with Crippen molar-refractivity contribution in [2.75, 3.05) is 33.4 Å². The van der Waals surface area contributed by atoms with Crippen molar-refractivity contribution in [3.8, 4) is 0 Å². The van der Waals surface area contributed by atoms with Crippen molar-refractivity contribution in [3.05, 3.63) is 11.7 Å². The summed E-state index contributed by atoms with van der Waals surface area (Å²) in [5, 5.41) is 6.96. The van der Waals surface area contributed by atoms with Crippen molar-refractivity contribution in [2.24, 2.45) is 5.92 Å². The number of nitrogens with one attached hydrogen (secondary N) is 1. The summed E-state index contributed by atoms with van der Waals surface area (Å²) in [6.07, 6.45) is 6.89. The minimum atomic E-state index is -0.163. The molecule has 1 unspecified atom stereocenters. The Morgan fingerprint density at radius 1 is 1.27 bits per heavy atom. The summed E-state index contributed by atoms with van der Waals surface area (Å²) in [5.74, 6) is 1.55. The average molecular weight is 364 g/mol. The molecule has 1 aliphatic heterocycles. The lowest BCUT2D eigenvalue weighted by Gasteiger charge is -2.31. The number of carbonyl (C=O) groups excluding carboxylic acids is 2. The Bertz CT molecular complexity index is 612. The fourth-order valence-corrected chi connectivity index (χ4v) is 3.78. The third kappa shape index (κ3) is 4.81. The Kier molecular flexibility index (Phi) is 6.60. The number of nitrogens with zero attached hydrogens (tertiary/aromatic N) is 3. The number of piperidine rings is 1. The summed E-state index contributed by atoms with van der Waals surface area (Å²) in [5.41, 5.74) is 0. The number of carbonyl (C=O) groups is 2. The number of amides is 2. The van der Waals surface area contributed by atoms with E-state index in [1.807, 2.05) is 0 Å². The lowest BCUT2D eigenvalue weighted by atomic mass is 9.97. The van der Waals surface area contributed by atoms with E-state index < -0.39 is 0 Å². The van der Waals surface area contributed by atoms with Gasteiger partial charge in [-0.1, -0.05) is 18.0 Å². The molecule has 0 radical (unpaired) electrons. The number of likely N-dealkylation sites (tertiary alicyclic amines) is 1. The van der Waals surface area contributed by atoms with E-state index in [-0.39, 0.29) is 24.3 Å². The Balaban J connectivity index is 1.41. The highest BCUT2D eigenvalue weighted by atomic mass is 16.5. The van der Waals surface area contributed by atoms with E-state index in [4.69, 9.17) is 9.26 Å². The second kappa shape index (κ2) is 9.12. The average Bonchev–Trinajstić information content (AvgIpc) is 3.33. The molecule has 1 saturated carbocycles. The van der Waals surface area contributed by atoms with Gasteiger partial charge in [0.1, 0.15) is 6.61 Å². The molecule has 1 atom stereocenters. The smallest absolute Gasteiger partial charge is 0.248 e. The molecule has 2 heterocycles. The number of aromatic nitrogens is 2. The van der Waals surface area contributed by atoms with E-state index >= 15 is 0 Å². The molecular weight excluding hydrogens is 336 g/mol. The van der Waals surface area contributed by atoms with Gasteiger partial charge in [0.05, 0.1) is 5.92 Å². The van der Waals surface area contributed by atoms with Crippen LogP contribution < -0.4 is 5.32 Å². The highest BCUT2D eigenvalue weighted by molar-refractivity contribution is 5.81. The van der Waals surface area contributed by atoms with E-state index in [1.54, 1.807) is 4.90 Å². The minimum Gasteiger partial charge on any atom is -0.375 e. The Morgan fingerprint density at radius 2 is 2.08 bits per heavy atom. The molecule has 26 heavy (non-hydrogen) atoms. The molecular formula is C18H28N4O4. The minimum absolute atomic E-state index is 0.0144. The molecule has 1 aliphatic carbocycles. The quantitative estimate of drug-likeness (QED) is 0.782. The molecule has 3 rings (SSSR count). The van der Waals surface area contributed by atoms with Gasteiger partial charge in [-0.25, -0.2) is 0 Å². The molecule has 2 amide bonds. The summed E-state index contributed by atoms with van der Waals surface area (Å²) >= 11 is 0. The van der Waals surface area contributed by atoms with Crippen LogP contribution in [0.3, 0.4) is 0 Å². The monoisotopic (exact) mass is 364 g/mol. The van der Waals surface area contributed by atoms with E-state index in [0.717, 1.165) is 31.6 Å². The zero-order valence-electron chi connectivity index (χ0n) is 15.4. The first-order chi connectivity index (χ1) is 12.7. The van der Waals surface area contributed by atoms with Gasteiger partial charge in [-0.3, -0.25) is 9.59 Å². The van der Waals surface area contributed by atoms with E-state index in [9.17, 15) is 9.59 Å².